The highest BCUT2D eigenvalue weighted by Crippen LogP contribution is 2.19. The standard InChI is InChI=1S/C15H11FN4O3/c16-11-3-1-9(2-4-11)5-12-6-10(8-23-12)13(21)7-14(22)15-17-19-20-18-15/h1-4,6-8,21H,5H2,(H,17,18,19,20). The maximum Gasteiger partial charge on any atom is 0.244 e. The van der Waals surface area contributed by atoms with Crippen LogP contribution in [0.4, 0.5) is 4.39 Å². The van der Waals surface area contributed by atoms with Crippen molar-refractivity contribution in [1.29, 1.82) is 0 Å². The van der Waals surface area contributed by atoms with Crippen molar-refractivity contribution >= 4 is 11.5 Å². The molecule has 7 nitrogen and oxygen atoms in total. The van der Waals surface area contributed by atoms with Crippen LogP contribution in [0.2, 0.25) is 0 Å². The van der Waals surface area contributed by atoms with Crippen LogP contribution >= 0.6 is 0 Å². The van der Waals surface area contributed by atoms with Gasteiger partial charge in [0.15, 0.2) is 0 Å². The number of hydrogen-bond donors (Lipinski definition) is 2. The lowest BCUT2D eigenvalue weighted by atomic mass is 10.1. The molecule has 0 saturated heterocycles. The molecule has 3 aromatic rings. The number of aliphatic hydroxyl groups is 1. The van der Waals surface area contributed by atoms with E-state index in [1.165, 1.54) is 18.4 Å². The lowest BCUT2D eigenvalue weighted by molar-refractivity contribution is 0.103. The first-order valence-electron chi connectivity index (χ1n) is 6.62. The fraction of sp³-hybridized carbons (Fsp3) is 0.0667. The van der Waals surface area contributed by atoms with Gasteiger partial charge in [0.2, 0.25) is 11.6 Å². The number of carbonyl (C=O) groups is 1. The molecule has 0 aliphatic rings. The number of hydrogen-bond acceptors (Lipinski definition) is 6. The van der Waals surface area contributed by atoms with Gasteiger partial charge in [-0.2, -0.15) is 5.21 Å². The summed E-state index contributed by atoms with van der Waals surface area (Å²) in [5.41, 5.74) is 1.21. The van der Waals surface area contributed by atoms with E-state index in [0.29, 0.717) is 17.7 Å². The van der Waals surface area contributed by atoms with Crippen molar-refractivity contribution in [1.82, 2.24) is 20.6 Å². The van der Waals surface area contributed by atoms with Crippen LogP contribution < -0.4 is 0 Å². The highest BCUT2D eigenvalue weighted by atomic mass is 19.1. The molecular weight excluding hydrogens is 303 g/mol. The number of nitrogens with zero attached hydrogens (tertiary/aromatic N) is 3. The summed E-state index contributed by atoms with van der Waals surface area (Å²) >= 11 is 0. The number of carbonyl (C=O) groups excluding carboxylic acids is 1. The lowest BCUT2D eigenvalue weighted by Crippen LogP contribution is -1.99. The molecule has 0 unspecified atom stereocenters. The Labute approximate surface area is 129 Å². The number of furan rings is 1. The topological polar surface area (TPSA) is 105 Å². The molecule has 2 N–H and O–H groups in total. The third-order valence-electron chi connectivity index (χ3n) is 3.07. The van der Waals surface area contributed by atoms with E-state index in [-0.39, 0.29) is 17.4 Å². The number of aromatic nitrogens is 4. The first kappa shape index (κ1) is 14.6. The van der Waals surface area contributed by atoms with Crippen molar-refractivity contribution in [3.63, 3.8) is 0 Å². The minimum absolute atomic E-state index is 0.147. The molecule has 1 aromatic carbocycles. The van der Waals surface area contributed by atoms with Crippen molar-refractivity contribution < 1.29 is 18.7 Å². The maximum absolute atomic E-state index is 12.9. The van der Waals surface area contributed by atoms with Crippen molar-refractivity contribution in [2.45, 2.75) is 6.42 Å². The predicted molar refractivity (Wildman–Crippen MR) is 77.0 cm³/mol. The molecule has 116 valence electrons. The molecule has 0 saturated carbocycles. The maximum atomic E-state index is 12.9. The van der Waals surface area contributed by atoms with Gasteiger partial charge in [-0.25, -0.2) is 4.39 Å². The quantitative estimate of drug-likeness (QED) is 0.425. The van der Waals surface area contributed by atoms with E-state index < -0.39 is 5.78 Å². The van der Waals surface area contributed by atoms with Crippen LogP contribution in [0.15, 0.2) is 47.1 Å². The number of tetrazole rings is 1. The van der Waals surface area contributed by atoms with Crippen molar-refractivity contribution in [3.8, 4) is 0 Å². The summed E-state index contributed by atoms with van der Waals surface area (Å²) in [5, 5.41) is 22.4. The Morgan fingerprint density at radius 3 is 2.83 bits per heavy atom. The molecule has 0 atom stereocenters. The van der Waals surface area contributed by atoms with Crippen LogP contribution in [-0.2, 0) is 6.42 Å². The van der Waals surface area contributed by atoms with E-state index in [2.05, 4.69) is 20.6 Å². The minimum Gasteiger partial charge on any atom is -0.507 e. The molecule has 0 spiro atoms. The molecule has 2 aromatic heterocycles. The number of nitrogens with one attached hydrogen (secondary N) is 1. The summed E-state index contributed by atoms with van der Waals surface area (Å²) in [6.45, 7) is 0. The van der Waals surface area contributed by atoms with Gasteiger partial charge in [0.1, 0.15) is 23.6 Å². The summed E-state index contributed by atoms with van der Waals surface area (Å²) in [7, 11) is 0. The van der Waals surface area contributed by atoms with Gasteiger partial charge in [-0.05, 0) is 29.0 Å². The van der Waals surface area contributed by atoms with Crippen molar-refractivity contribution in [2.75, 3.05) is 0 Å². The smallest absolute Gasteiger partial charge is 0.244 e. The Bertz CT molecular complexity index is 838. The van der Waals surface area contributed by atoms with E-state index >= 15 is 0 Å². The van der Waals surface area contributed by atoms with Gasteiger partial charge in [-0.1, -0.05) is 12.1 Å². The summed E-state index contributed by atoms with van der Waals surface area (Å²) in [6, 6.07) is 7.61. The molecule has 23 heavy (non-hydrogen) atoms. The van der Waals surface area contributed by atoms with Crippen LogP contribution in [0.1, 0.15) is 27.5 Å². The Balaban J connectivity index is 1.73. The van der Waals surface area contributed by atoms with Crippen LogP contribution in [0.25, 0.3) is 5.76 Å². The monoisotopic (exact) mass is 314 g/mol. The zero-order valence-electron chi connectivity index (χ0n) is 11.7. The molecule has 3 rings (SSSR count). The SMILES string of the molecule is O=C(C=C(O)c1coc(Cc2ccc(F)cc2)c1)c1nn[nH]n1. The van der Waals surface area contributed by atoms with Gasteiger partial charge in [0.25, 0.3) is 0 Å². The molecule has 2 heterocycles. The number of H-pyrrole nitrogens is 1. The van der Waals surface area contributed by atoms with E-state index in [1.54, 1.807) is 18.2 Å². The Hall–Kier alpha value is -3.29. The van der Waals surface area contributed by atoms with Gasteiger partial charge < -0.3 is 9.52 Å². The molecule has 8 heteroatoms. The Morgan fingerprint density at radius 1 is 1.35 bits per heavy atom. The van der Waals surface area contributed by atoms with Crippen LogP contribution in [0, 0.1) is 5.82 Å². The van der Waals surface area contributed by atoms with Gasteiger partial charge >= 0.3 is 0 Å². The molecule has 0 aliphatic heterocycles. The average molecular weight is 314 g/mol. The van der Waals surface area contributed by atoms with Crippen LogP contribution in [0.5, 0.6) is 0 Å². The number of halogens is 1. The first-order chi connectivity index (χ1) is 11.1. The van der Waals surface area contributed by atoms with Gasteiger partial charge in [0, 0.05) is 12.5 Å². The number of benzene rings is 1. The van der Waals surface area contributed by atoms with Gasteiger partial charge in [-0.15, -0.1) is 10.2 Å². The first-order valence-corrected chi connectivity index (χ1v) is 6.62. The predicted octanol–water partition coefficient (Wildman–Crippen LogP) is 2.30. The van der Waals surface area contributed by atoms with Gasteiger partial charge in [0.05, 0.1) is 5.56 Å². The third kappa shape index (κ3) is 3.49. The molecule has 0 amide bonds. The third-order valence-corrected chi connectivity index (χ3v) is 3.07. The van der Waals surface area contributed by atoms with E-state index in [1.807, 2.05) is 0 Å². The molecule has 0 radical (unpaired) electrons. The van der Waals surface area contributed by atoms with Crippen LogP contribution in [0.3, 0.4) is 0 Å². The second kappa shape index (κ2) is 6.22. The van der Waals surface area contributed by atoms with E-state index in [4.69, 9.17) is 4.42 Å². The Morgan fingerprint density at radius 2 is 2.13 bits per heavy atom. The van der Waals surface area contributed by atoms with Crippen molar-refractivity contribution in [2.24, 2.45) is 0 Å². The Kier molecular flexibility index (Phi) is 3.96. The summed E-state index contributed by atoms with van der Waals surface area (Å²) < 4.78 is 18.2. The fourth-order valence-electron chi connectivity index (χ4n) is 1.95. The van der Waals surface area contributed by atoms with E-state index in [0.717, 1.165) is 11.6 Å². The fourth-order valence-corrected chi connectivity index (χ4v) is 1.95. The lowest BCUT2D eigenvalue weighted by Gasteiger charge is -1.97. The highest BCUT2D eigenvalue weighted by Gasteiger charge is 2.12. The largest absolute Gasteiger partial charge is 0.507 e. The van der Waals surface area contributed by atoms with Gasteiger partial charge in [-0.3, -0.25) is 4.79 Å². The number of rotatable bonds is 5. The van der Waals surface area contributed by atoms with Crippen LogP contribution in [-0.4, -0.2) is 31.5 Å². The normalized spacial score (nSPS) is 11.6. The van der Waals surface area contributed by atoms with Crippen molar-refractivity contribution in [3.05, 3.63) is 71.2 Å². The summed E-state index contributed by atoms with van der Waals surface area (Å²) in [5.74, 6) is -0.744. The molecule has 0 bridgehead atoms. The average Bonchev–Trinajstić information content (AvgIpc) is 3.21. The summed E-state index contributed by atoms with van der Waals surface area (Å²) in [4.78, 5) is 11.7. The second-order valence-electron chi connectivity index (χ2n) is 4.73. The highest BCUT2D eigenvalue weighted by molar-refractivity contribution is 6.05. The second-order valence-corrected chi connectivity index (χ2v) is 4.73. The molecule has 0 aliphatic carbocycles. The molecular formula is C15H11FN4O3. The number of ketones is 1. The number of allylic oxidation sites excluding steroid dienone is 1. The number of aromatic amines is 1. The minimum atomic E-state index is -0.586. The summed E-state index contributed by atoms with van der Waals surface area (Å²) in [6.07, 6.45) is 2.75. The zero-order chi connectivity index (χ0) is 16.2. The number of aliphatic hydroxyl groups excluding tert-OH is 1. The van der Waals surface area contributed by atoms with E-state index in [9.17, 15) is 14.3 Å². The molecule has 0 fully saturated rings. The zero-order valence-corrected chi connectivity index (χ0v) is 11.7.